The fourth-order valence-electron chi connectivity index (χ4n) is 7.77. The fraction of sp³-hybridized carbons (Fsp3) is 0.611. The number of carbonyl (C=O) groups excluding carboxylic acids is 7. The van der Waals surface area contributed by atoms with E-state index in [1.165, 1.54) is 18.9 Å². The van der Waals surface area contributed by atoms with Crippen molar-refractivity contribution in [2.75, 3.05) is 130 Å². The summed E-state index contributed by atoms with van der Waals surface area (Å²) in [6, 6.07) is 12.9. The molecule has 0 saturated carbocycles. The van der Waals surface area contributed by atoms with Crippen molar-refractivity contribution in [1.29, 1.82) is 0 Å². The van der Waals surface area contributed by atoms with Crippen molar-refractivity contribution in [3.63, 3.8) is 0 Å². The number of nitrogens with zero attached hydrogens (tertiary/aromatic N) is 2. The molecule has 2 unspecified atom stereocenters. The average molecular weight is 1200 g/mol. The summed E-state index contributed by atoms with van der Waals surface area (Å²) in [6.07, 6.45) is 2.10. The summed E-state index contributed by atoms with van der Waals surface area (Å²) in [5.41, 5.74) is 9.45. The van der Waals surface area contributed by atoms with Crippen LogP contribution in [0.5, 0.6) is 0 Å². The zero-order valence-electron chi connectivity index (χ0n) is 48.5. The molecule has 13 N–H and O–H groups in total. The van der Waals surface area contributed by atoms with Gasteiger partial charge in [0.2, 0.25) is 41.4 Å². The first-order valence-corrected chi connectivity index (χ1v) is 29.4. The van der Waals surface area contributed by atoms with E-state index in [-0.39, 0.29) is 126 Å². The van der Waals surface area contributed by atoms with Crippen LogP contribution in [0.3, 0.4) is 0 Å². The average Bonchev–Trinajstić information content (AvgIpc) is 3.12. The number of hydrogen-bond donors (Lipinski definition) is 10. The van der Waals surface area contributed by atoms with Crippen molar-refractivity contribution in [3.05, 3.63) is 65.2 Å². The predicted molar refractivity (Wildman–Crippen MR) is 309 cm³/mol. The third-order valence-corrected chi connectivity index (χ3v) is 12.5. The second-order valence-electron chi connectivity index (χ2n) is 18.2. The fourth-order valence-corrected chi connectivity index (χ4v) is 8.19. The monoisotopic (exact) mass is 1200 g/mol. The molecule has 0 bridgehead atoms. The molecule has 29 heteroatoms. The largest absolute Gasteiger partial charge is 0.488 e. The van der Waals surface area contributed by atoms with Gasteiger partial charge in [0.15, 0.2) is 0 Å². The van der Waals surface area contributed by atoms with E-state index in [1.54, 1.807) is 53.4 Å². The van der Waals surface area contributed by atoms with E-state index < -0.39 is 32.2 Å². The van der Waals surface area contributed by atoms with Crippen LogP contribution in [0.4, 0.5) is 5.69 Å². The van der Waals surface area contributed by atoms with Crippen LogP contribution in [0.15, 0.2) is 48.5 Å². The van der Waals surface area contributed by atoms with Gasteiger partial charge >= 0.3 is 7.82 Å². The van der Waals surface area contributed by atoms with E-state index in [1.807, 2.05) is 13.8 Å². The number of hydrazine groups is 1. The number of para-hydroxylation sites is 1. The van der Waals surface area contributed by atoms with Crippen LogP contribution in [0.25, 0.3) is 11.4 Å². The zero-order chi connectivity index (χ0) is 61.1. The van der Waals surface area contributed by atoms with Crippen molar-refractivity contribution in [2.45, 2.75) is 91.6 Å². The van der Waals surface area contributed by atoms with Crippen LogP contribution in [0.1, 0.15) is 95.8 Å². The van der Waals surface area contributed by atoms with Gasteiger partial charge in [-0.2, -0.15) is 0 Å². The normalized spacial score (nSPS) is 13.7. The molecular formula is C54H90N11O17P. The maximum Gasteiger partial charge on any atom is 0.488 e. The highest BCUT2D eigenvalue weighted by atomic mass is 31.2. The number of nitrogens with two attached hydrogens (primary N) is 3. The minimum absolute atomic E-state index is 0.0111. The molecule has 0 spiro atoms. The highest BCUT2D eigenvalue weighted by Gasteiger charge is 2.30. The summed E-state index contributed by atoms with van der Waals surface area (Å²) in [4.78, 5) is 100. The minimum Gasteiger partial charge on any atom is -0.396 e. The quantitative estimate of drug-likeness (QED) is 0.0190. The molecule has 0 fully saturated rings. The maximum absolute atomic E-state index is 14.0. The Kier molecular flexibility index (Phi) is 39.0. The number of hydrogen-bond acceptors (Lipinski definition) is 20. The number of amides is 7. The van der Waals surface area contributed by atoms with Gasteiger partial charge in [-0.15, -0.1) is 0 Å². The lowest BCUT2D eigenvalue weighted by Gasteiger charge is -2.33. The smallest absolute Gasteiger partial charge is 0.396 e. The first-order valence-electron chi connectivity index (χ1n) is 27.9. The molecule has 2 aromatic rings. The third kappa shape index (κ3) is 32.5. The summed E-state index contributed by atoms with van der Waals surface area (Å²) in [5, 5.41) is 17.5. The van der Waals surface area contributed by atoms with Gasteiger partial charge in [-0.3, -0.25) is 43.1 Å². The summed E-state index contributed by atoms with van der Waals surface area (Å²) in [7, 11) is -4.24. The van der Waals surface area contributed by atoms with Crippen molar-refractivity contribution in [2.24, 2.45) is 17.5 Å². The summed E-state index contributed by atoms with van der Waals surface area (Å²) < 4.78 is 52.7. The van der Waals surface area contributed by atoms with E-state index in [0.717, 1.165) is 0 Å². The van der Waals surface area contributed by atoms with Crippen molar-refractivity contribution >= 4 is 66.3 Å². The van der Waals surface area contributed by atoms with Gasteiger partial charge in [-0.25, -0.2) is 20.9 Å². The third-order valence-electron chi connectivity index (χ3n) is 11.7. The van der Waals surface area contributed by atoms with Crippen molar-refractivity contribution in [1.82, 2.24) is 36.9 Å². The topological polar surface area (TPSA) is 387 Å². The number of nitrogens with one attached hydrogen (secondary N) is 6. The van der Waals surface area contributed by atoms with Gasteiger partial charge in [-0.05, 0) is 30.9 Å². The lowest BCUT2D eigenvalue weighted by molar-refractivity contribution is -0.130. The number of phosphoric ester groups is 1. The molecule has 2 aromatic carbocycles. The highest BCUT2D eigenvalue weighted by molar-refractivity contribution is 7.47. The van der Waals surface area contributed by atoms with Crippen LogP contribution in [-0.2, 0) is 82.2 Å². The molecule has 0 aliphatic carbocycles. The lowest BCUT2D eigenvalue weighted by Crippen LogP contribution is -2.51. The highest BCUT2D eigenvalue weighted by Crippen LogP contribution is 2.41. The summed E-state index contributed by atoms with van der Waals surface area (Å²) in [5.74, 6) is 8.93. The maximum atomic E-state index is 14.0. The van der Waals surface area contributed by atoms with Crippen LogP contribution in [0, 0.1) is 0 Å². The first kappa shape index (κ1) is 73.0. The number of ether oxygens (including phenoxy) is 6. The first-order chi connectivity index (χ1) is 40.0. The number of unbranched alkanes of at least 4 members (excludes halogenated alkanes) is 3. The number of anilines is 1. The molecule has 0 saturated heterocycles. The second kappa shape index (κ2) is 44.4. The Hall–Kier alpha value is -6.14. The molecule has 3 rings (SSSR count). The Bertz CT molecular complexity index is 2340. The number of phosphoric acid groups is 1. The number of fused-ring (bicyclic) bond motifs is 2. The molecule has 7 amide bonds. The Balaban J connectivity index is 0.0000116. The number of carbonyl (C=O) groups is 7. The molecule has 2 atom stereocenters. The summed E-state index contributed by atoms with van der Waals surface area (Å²) in [6.45, 7) is 11.4. The molecule has 28 nitrogen and oxygen atoms in total. The SMILES string of the molecule is CC.CC(=O)NCCOCCOCCOCCNC(=O)CCC(NC(=O)CN(N)/C1=C(\N)c2ccccc2N(C(=O)CCC(=O)NCCCCCCOP(=O)(O)ON)Cc2ccccc21)C(=O)NCCOCCOCCOCCNC(C)=O. The van der Waals surface area contributed by atoms with Gasteiger partial charge in [0.1, 0.15) is 12.6 Å². The van der Waals surface area contributed by atoms with Crippen LogP contribution in [-0.4, -0.2) is 182 Å². The van der Waals surface area contributed by atoms with Gasteiger partial charge in [0, 0.05) is 77.0 Å². The summed E-state index contributed by atoms with van der Waals surface area (Å²) >= 11 is 0. The van der Waals surface area contributed by atoms with E-state index in [0.29, 0.717) is 114 Å². The van der Waals surface area contributed by atoms with E-state index in [2.05, 4.69) is 36.5 Å². The van der Waals surface area contributed by atoms with Gasteiger partial charge < -0.3 is 75.8 Å². The molecule has 83 heavy (non-hydrogen) atoms. The predicted octanol–water partition coefficient (Wildman–Crippen LogP) is 0.853. The molecule has 468 valence electrons. The number of benzene rings is 2. The molecule has 1 aliphatic rings. The van der Waals surface area contributed by atoms with Crippen molar-refractivity contribution in [3.8, 4) is 0 Å². The van der Waals surface area contributed by atoms with Crippen LogP contribution in [0.2, 0.25) is 0 Å². The second-order valence-corrected chi connectivity index (χ2v) is 19.6. The lowest BCUT2D eigenvalue weighted by atomic mass is 9.95. The number of rotatable bonds is 44. The van der Waals surface area contributed by atoms with Crippen molar-refractivity contribution < 1.29 is 80.6 Å². The Morgan fingerprint density at radius 1 is 0.602 bits per heavy atom. The van der Waals surface area contributed by atoms with E-state index in [4.69, 9.17) is 50.4 Å². The van der Waals surface area contributed by atoms with Crippen LogP contribution >= 0.6 is 7.82 Å². The van der Waals surface area contributed by atoms with Gasteiger partial charge in [0.25, 0.3) is 0 Å². The van der Waals surface area contributed by atoms with Crippen LogP contribution < -0.4 is 54.3 Å². The molecular weight excluding hydrogens is 1110 g/mol. The Morgan fingerprint density at radius 3 is 1.65 bits per heavy atom. The Morgan fingerprint density at radius 2 is 1.08 bits per heavy atom. The van der Waals surface area contributed by atoms with E-state index >= 15 is 0 Å². The minimum atomic E-state index is -4.24. The molecule has 0 aromatic heterocycles. The van der Waals surface area contributed by atoms with Gasteiger partial charge in [-0.1, -0.05) is 69.2 Å². The molecule has 0 radical (unpaired) electrons. The van der Waals surface area contributed by atoms with E-state index in [9.17, 15) is 43.0 Å². The zero-order valence-corrected chi connectivity index (χ0v) is 49.4. The molecule has 1 heterocycles. The standard InChI is InChI=1S/C52H84N11O17P.C2H6/c1-39(64)56-20-25-73-29-33-77-35-31-75-27-22-59-46(66)16-15-44(52(70)60-23-28-76-32-36-78-34-30-74-26-21-57-40(2)65)61-48(68)38-63(54)51-42-12-6-5-11-41(42)37-62(45-14-8-7-13-43(45)50(51)53)49(69)18-17-47(67)58-19-9-3-4-10-24-79-81(71,72)80-55;1-2/h5-8,11-14,44H,3-4,9-10,15-38,53-55H2,1-2H3,(H,56,64)(H,57,65)(H,58,67)(H,59,66)(H,60,70)(H,61,68)(H,71,72);1-2H3/b51-50-;. The Labute approximate surface area is 486 Å². The molecule has 1 aliphatic heterocycles. The van der Waals surface area contributed by atoms with Gasteiger partial charge in [0.05, 0.1) is 110 Å².